The molecule has 0 saturated heterocycles. The Hall–Kier alpha value is -0.580. The van der Waals surface area contributed by atoms with Gasteiger partial charge in [-0.05, 0) is 0 Å². The van der Waals surface area contributed by atoms with Crippen molar-refractivity contribution in [1.29, 1.82) is 0 Å². The zero-order valence-corrected chi connectivity index (χ0v) is 12.6. The van der Waals surface area contributed by atoms with Gasteiger partial charge in [0.25, 0.3) is 0 Å². The second-order valence-electron chi connectivity index (χ2n) is 0.298. The molecule has 0 amide bonds. The predicted molar refractivity (Wildman–Crippen MR) is 52.7 cm³/mol. The van der Waals surface area contributed by atoms with Crippen molar-refractivity contribution < 1.29 is 25.0 Å². The molecule has 0 aromatic heterocycles. The number of rotatable bonds is 0. The summed E-state index contributed by atoms with van der Waals surface area (Å²) in [5.74, 6) is 0. The number of nitroso groups, excluding NO2 is 1. The van der Waals surface area contributed by atoms with Crippen LogP contribution < -0.4 is 0 Å². The molecule has 0 spiro atoms. The van der Waals surface area contributed by atoms with E-state index >= 15 is 0 Å². The van der Waals surface area contributed by atoms with E-state index in [1.165, 1.54) is 0 Å². The van der Waals surface area contributed by atoms with E-state index in [0.29, 0.717) is 0 Å². The van der Waals surface area contributed by atoms with E-state index in [4.69, 9.17) is 51.0 Å². The fourth-order valence-electron chi connectivity index (χ4n) is 0. The summed E-state index contributed by atoms with van der Waals surface area (Å²) in [5.41, 5.74) is 5.75. The van der Waals surface area contributed by atoms with Gasteiger partial charge in [-0.3, -0.25) is 0 Å². The molecule has 0 saturated carbocycles. The van der Waals surface area contributed by atoms with E-state index in [1.807, 2.05) is 0 Å². The van der Waals surface area contributed by atoms with Crippen LogP contribution in [0.4, 0.5) is 0 Å². The summed E-state index contributed by atoms with van der Waals surface area (Å²) in [6.45, 7) is 0. The zero-order chi connectivity index (χ0) is 12.8. The van der Waals surface area contributed by atoms with Gasteiger partial charge in [-0.25, -0.2) is 0 Å². The van der Waals surface area contributed by atoms with Crippen LogP contribution in [0.3, 0.4) is 0 Å². The fourth-order valence-corrected chi connectivity index (χ4v) is 0. The maximum absolute atomic E-state index is 8.00. The average Bonchev–Trinajstić information content (AvgIpc) is 2.12. The van der Waals surface area contributed by atoms with Gasteiger partial charge in [-0.1, -0.05) is 0 Å². The maximum atomic E-state index is 8.00. The van der Waals surface area contributed by atoms with Gasteiger partial charge in [0.1, 0.15) is 0 Å². The first-order valence-electron chi connectivity index (χ1n) is 1.64. The van der Waals surface area contributed by atoms with E-state index in [2.05, 4.69) is 0 Å². The molecule has 100 valence electrons. The van der Waals surface area contributed by atoms with E-state index in [9.17, 15) is 0 Å². The van der Waals surface area contributed by atoms with Crippen molar-refractivity contribution in [2.24, 2.45) is 21.4 Å². The van der Waals surface area contributed by atoms with Gasteiger partial charge in [0.05, 0.1) is 0 Å². The Kier molecular flexibility index (Phi) is 888. The molecule has 0 rings (SSSR count). The van der Waals surface area contributed by atoms with Crippen LogP contribution in [0.1, 0.15) is 0 Å². The number of hydrogen-bond acceptors (Lipinski definition) is 13. The van der Waals surface area contributed by atoms with Crippen LogP contribution in [0.15, 0.2) is 21.4 Å². The average molecular weight is 372 g/mol. The predicted octanol–water partition coefficient (Wildman–Crippen LogP) is 0.117. The first-order chi connectivity index (χ1) is 6.66. The van der Waals surface area contributed by atoms with Gasteiger partial charge in [0.2, 0.25) is 0 Å². The van der Waals surface area contributed by atoms with Gasteiger partial charge < -0.3 is 56.4 Å². The fraction of sp³-hybridized carbons (Fsp3) is 0. The summed E-state index contributed by atoms with van der Waals surface area (Å²) in [7, 11) is 0. The molecule has 0 bridgehead atoms. The third kappa shape index (κ3) is 8250. The van der Waals surface area contributed by atoms with Gasteiger partial charge in [-0.15, -0.1) is 21.4 Å². The Morgan fingerprint density at radius 1 is 0.647 bits per heavy atom. The quantitative estimate of drug-likeness (QED) is 0.316. The van der Waals surface area contributed by atoms with Gasteiger partial charge in [0.15, 0.2) is 0 Å². The summed E-state index contributed by atoms with van der Waals surface area (Å²) >= 11 is 0. The molecular weight excluding hydrogens is 370 g/mol. The Morgan fingerprint density at radius 3 is 0.647 bits per heavy atom. The summed E-state index contributed by atoms with van der Waals surface area (Å²) in [6.07, 6.45) is 0. The van der Waals surface area contributed by atoms with E-state index in [0.717, 1.165) is 21.4 Å². The second kappa shape index (κ2) is 274. The van der Waals surface area contributed by atoms with Crippen molar-refractivity contribution in [3.05, 3.63) is 51.0 Å². The molecule has 0 aliphatic rings. The second-order valence-corrected chi connectivity index (χ2v) is 0.298. The van der Waals surface area contributed by atoms with E-state index in [-0.39, 0.29) is 76.3 Å². The molecule has 2 N–H and O–H groups in total. The first-order valence-corrected chi connectivity index (χ1v) is 1.64. The van der Waals surface area contributed by atoms with Gasteiger partial charge in [0, 0.05) is 51.4 Å². The van der Waals surface area contributed by atoms with Crippen LogP contribution in [-0.4, -0.2) is 56.9 Å². The molecule has 0 fully saturated rings. The normalized spacial score (nSPS) is 3.06. The molecule has 0 aliphatic heterocycles. The minimum absolute atomic E-state index is 0. The minimum Gasteiger partial charge on any atom is -0.577 e. The van der Waals surface area contributed by atoms with Crippen molar-refractivity contribution in [1.82, 2.24) is 0 Å². The molecular formula is H2KN5O10Ru-4. The van der Waals surface area contributed by atoms with Crippen molar-refractivity contribution in [3.63, 3.8) is 0 Å². The number of nitrogens with zero attached hydrogens (tertiary/aromatic N) is 5. The first kappa shape index (κ1) is 55.1. The van der Waals surface area contributed by atoms with E-state index < -0.39 is 0 Å². The van der Waals surface area contributed by atoms with Crippen LogP contribution in [-0.2, 0) is 19.5 Å². The summed E-state index contributed by atoms with van der Waals surface area (Å²) in [5, 5.41) is 36.0. The van der Waals surface area contributed by atoms with Crippen LogP contribution >= 0.6 is 0 Å². The smallest absolute Gasteiger partial charge is 0.577 e. The third-order valence-electron chi connectivity index (χ3n) is 0. The molecule has 0 aliphatic carbocycles. The van der Waals surface area contributed by atoms with Crippen molar-refractivity contribution in [2.75, 3.05) is 0 Å². The summed E-state index contributed by atoms with van der Waals surface area (Å²) in [4.78, 5) is 39.2. The standard InChI is InChI=1S/K.4HNO2.NO.H2O.Ru/c;4*2-1-3;1-2;;/h;4*(H,2,3);;1H2;/q;;;;;-1;;+1/p-4. The SMILES string of the molecule is O.O=N[O-].O=N[O-].O=N[O-].O=N[O-].[K].[N-]=O.[Ru+]. The molecule has 2 radical (unpaired) electrons. The summed E-state index contributed by atoms with van der Waals surface area (Å²) < 4.78 is 0. The molecule has 0 aromatic rings. The Morgan fingerprint density at radius 2 is 0.647 bits per heavy atom. The molecule has 0 heterocycles. The molecule has 0 aromatic carbocycles. The largest absolute Gasteiger partial charge is 1.00 e. The van der Waals surface area contributed by atoms with Gasteiger partial charge >= 0.3 is 19.5 Å². The van der Waals surface area contributed by atoms with Crippen LogP contribution in [0, 0.1) is 45.4 Å². The Balaban J connectivity index is -0.00000000957. The van der Waals surface area contributed by atoms with Crippen LogP contribution in [0.25, 0.3) is 5.59 Å². The molecule has 17 heteroatoms. The molecule has 0 unspecified atom stereocenters. The minimum atomic E-state index is 0. The summed E-state index contributed by atoms with van der Waals surface area (Å²) in [6, 6.07) is 0. The Labute approximate surface area is 147 Å². The van der Waals surface area contributed by atoms with Gasteiger partial charge in [-0.2, -0.15) is 0 Å². The van der Waals surface area contributed by atoms with Crippen molar-refractivity contribution in [2.45, 2.75) is 0 Å². The van der Waals surface area contributed by atoms with Crippen molar-refractivity contribution in [3.8, 4) is 0 Å². The van der Waals surface area contributed by atoms with Crippen LogP contribution in [0.5, 0.6) is 0 Å². The molecule has 17 heavy (non-hydrogen) atoms. The zero-order valence-electron chi connectivity index (χ0n) is 7.76. The van der Waals surface area contributed by atoms with E-state index in [1.54, 1.807) is 0 Å². The van der Waals surface area contributed by atoms with Crippen LogP contribution in [0.2, 0.25) is 0 Å². The molecule has 15 nitrogen and oxygen atoms in total. The monoisotopic (exact) mass is 373 g/mol. The number of hydrogen-bond donors (Lipinski definition) is 0. The maximum Gasteiger partial charge on any atom is 1.00 e. The van der Waals surface area contributed by atoms with Crippen molar-refractivity contribution >= 4 is 51.4 Å². The third-order valence-corrected chi connectivity index (χ3v) is 0. The molecule has 0 atom stereocenters. The Bertz CT molecular complexity index is 88.9. The topological polar surface area (TPSA) is 281 Å².